The van der Waals surface area contributed by atoms with Crippen molar-refractivity contribution < 1.29 is 5.11 Å². The van der Waals surface area contributed by atoms with Crippen LogP contribution >= 0.6 is 11.6 Å². The van der Waals surface area contributed by atoms with Crippen LogP contribution in [0.3, 0.4) is 0 Å². The van der Waals surface area contributed by atoms with Gasteiger partial charge >= 0.3 is 0 Å². The lowest BCUT2D eigenvalue weighted by atomic mass is 9.96. The van der Waals surface area contributed by atoms with Crippen molar-refractivity contribution in [1.29, 1.82) is 0 Å². The summed E-state index contributed by atoms with van der Waals surface area (Å²) in [4.78, 5) is 2.31. The molecule has 0 saturated carbocycles. The molecule has 0 bridgehead atoms. The average molecular weight is 283 g/mol. The Bertz CT molecular complexity index is 425. The third-order valence-corrected chi connectivity index (χ3v) is 4.18. The molecule has 0 aliphatic carbocycles. The molecule has 19 heavy (non-hydrogen) atoms. The summed E-state index contributed by atoms with van der Waals surface area (Å²) in [6.07, 6.45) is 0.664. The minimum absolute atomic E-state index is 0.167. The highest BCUT2D eigenvalue weighted by molar-refractivity contribution is 6.31. The zero-order valence-electron chi connectivity index (χ0n) is 11.7. The van der Waals surface area contributed by atoms with Gasteiger partial charge in [0.2, 0.25) is 0 Å². The van der Waals surface area contributed by atoms with Crippen LogP contribution in [0.1, 0.15) is 25.8 Å². The molecule has 2 N–H and O–H groups in total. The van der Waals surface area contributed by atoms with E-state index in [1.54, 1.807) is 0 Å². The molecule has 0 spiro atoms. The third kappa shape index (κ3) is 3.62. The van der Waals surface area contributed by atoms with Gasteiger partial charge in [-0.1, -0.05) is 31.5 Å². The zero-order chi connectivity index (χ0) is 13.8. The number of aliphatic hydroxyl groups is 1. The first-order chi connectivity index (χ1) is 9.11. The van der Waals surface area contributed by atoms with Crippen LogP contribution in [-0.2, 0) is 6.54 Å². The molecular weight excluding hydrogens is 260 g/mol. The molecule has 0 radical (unpaired) electrons. The summed E-state index contributed by atoms with van der Waals surface area (Å²) >= 11 is 6.33. The molecule has 1 fully saturated rings. The SMILES string of the molecule is CCNCc1ccc(N2CCC(O)C(C)C2)cc1Cl. The van der Waals surface area contributed by atoms with E-state index in [9.17, 15) is 5.11 Å². The van der Waals surface area contributed by atoms with Crippen LogP contribution in [0.5, 0.6) is 0 Å². The zero-order valence-corrected chi connectivity index (χ0v) is 12.5. The topological polar surface area (TPSA) is 35.5 Å². The van der Waals surface area contributed by atoms with Crippen molar-refractivity contribution in [1.82, 2.24) is 5.32 Å². The van der Waals surface area contributed by atoms with Crippen molar-refractivity contribution in [3.8, 4) is 0 Å². The Morgan fingerprint density at radius 2 is 2.26 bits per heavy atom. The second-order valence-electron chi connectivity index (χ2n) is 5.34. The second kappa shape index (κ2) is 6.60. The van der Waals surface area contributed by atoms with E-state index in [2.05, 4.69) is 36.2 Å². The minimum atomic E-state index is -0.167. The highest BCUT2D eigenvalue weighted by Crippen LogP contribution is 2.27. The lowest BCUT2D eigenvalue weighted by Gasteiger charge is -2.36. The maximum absolute atomic E-state index is 9.78. The van der Waals surface area contributed by atoms with E-state index in [1.165, 1.54) is 0 Å². The van der Waals surface area contributed by atoms with Gasteiger partial charge in [0.05, 0.1) is 6.10 Å². The summed E-state index contributed by atoms with van der Waals surface area (Å²) in [5, 5.41) is 13.9. The van der Waals surface area contributed by atoms with Crippen LogP contribution in [0.15, 0.2) is 18.2 Å². The summed E-state index contributed by atoms with van der Waals surface area (Å²) in [5.41, 5.74) is 2.29. The Kier molecular flexibility index (Phi) is 5.08. The monoisotopic (exact) mass is 282 g/mol. The minimum Gasteiger partial charge on any atom is -0.393 e. The van der Waals surface area contributed by atoms with Gasteiger partial charge in [0.25, 0.3) is 0 Å². The van der Waals surface area contributed by atoms with Gasteiger partial charge < -0.3 is 15.3 Å². The molecule has 1 aromatic rings. The molecule has 4 heteroatoms. The quantitative estimate of drug-likeness (QED) is 0.891. The summed E-state index contributed by atoms with van der Waals surface area (Å²) in [6, 6.07) is 6.26. The molecule has 1 saturated heterocycles. The first kappa shape index (κ1) is 14.6. The van der Waals surface area contributed by atoms with Crippen molar-refractivity contribution in [2.75, 3.05) is 24.5 Å². The van der Waals surface area contributed by atoms with Crippen molar-refractivity contribution in [2.45, 2.75) is 32.9 Å². The molecule has 2 rings (SSSR count). The number of aliphatic hydroxyl groups excluding tert-OH is 1. The largest absolute Gasteiger partial charge is 0.393 e. The summed E-state index contributed by atoms with van der Waals surface area (Å²) in [5.74, 6) is 0.314. The van der Waals surface area contributed by atoms with Crippen molar-refractivity contribution in [3.05, 3.63) is 28.8 Å². The van der Waals surface area contributed by atoms with Gasteiger partial charge in [0.15, 0.2) is 0 Å². The molecule has 1 aliphatic heterocycles. The van der Waals surface area contributed by atoms with E-state index < -0.39 is 0 Å². The maximum atomic E-state index is 9.78. The maximum Gasteiger partial charge on any atom is 0.0599 e. The number of rotatable bonds is 4. The first-order valence-electron chi connectivity index (χ1n) is 7.04. The highest BCUT2D eigenvalue weighted by Gasteiger charge is 2.24. The number of hydrogen-bond donors (Lipinski definition) is 2. The number of piperidine rings is 1. The van der Waals surface area contributed by atoms with E-state index in [1.807, 2.05) is 6.07 Å². The number of hydrogen-bond acceptors (Lipinski definition) is 3. The van der Waals surface area contributed by atoms with E-state index >= 15 is 0 Å². The van der Waals surface area contributed by atoms with Crippen LogP contribution in [0, 0.1) is 5.92 Å². The predicted molar refractivity (Wildman–Crippen MR) is 80.8 cm³/mol. The normalized spacial score (nSPS) is 23.7. The fourth-order valence-corrected chi connectivity index (χ4v) is 2.75. The number of benzene rings is 1. The fourth-order valence-electron chi connectivity index (χ4n) is 2.50. The Morgan fingerprint density at radius 1 is 1.47 bits per heavy atom. The third-order valence-electron chi connectivity index (χ3n) is 3.83. The highest BCUT2D eigenvalue weighted by atomic mass is 35.5. The van der Waals surface area contributed by atoms with E-state index in [-0.39, 0.29) is 6.10 Å². The summed E-state index contributed by atoms with van der Waals surface area (Å²) in [7, 11) is 0. The Labute approximate surface area is 120 Å². The van der Waals surface area contributed by atoms with E-state index in [0.717, 1.165) is 48.9 Å². The van der Waals surface area contributed by atoms with Gasteiger partial charge in [-0.15, -0.1) is 0 Å². The smallest absolute Gasteiger partial charge is 0.0599 e. The standard InChI is InChI=1S/C15H23ClN2O/c1-3-17-9-12-4-5-13(8-14(12)16)18-7-6-15(19)11(2)10-18/h4-5,8,11,15,17,19H,3,6-7,9-10H2,1-2H3. The summed E-state index contributed by atoms with van der Waals surface area (Å²) in [6.45, 7) is 7.73. The number of nitrogens with zero attached hydrogens (tertiary/aromatic N) is 1. The fraction of sp³-hybridized carbons (Fsp3) is 0.600. The van der Waals surface area contributed by atoms with E-state index in [4.69, 9.17) is 11.6 Å². The molecule has 2 unspecified atom stereocenters. The van der Waals surface area contributed by atoms with Crippen molar-refractivity contribution >= 4 is 17.3 Å². The molecule has 106 valence electrons. The first-order valence-corrected chi connectivity index (χ1v) is 7.41. The predicted octanol–water partition coefficient (Wildman–Crippen LogP) is 2.66. The van der Waals surface area contributed by atoms with Crippen LogP contribution in [0.2, 0.25) is 5.02 Å². The van der Waals surface area contributed by atoms with Gasteiger partial charge in [-0.25, -0.2) is 0 Å². The number of nitrogens with one attached hydrogen (secondary N) is 1. The van der Waals surface area contributed by atoms with Crippen molar-refractivity contribution in [2.24, 2.45) is 5.92 Å². The molecule has 0 aromatic heterocycles. The number of halogens is 1. The van der Waals surface area contributed by atoms with Crippen LogP contribution in [0.25, 0.3) is 0 Å². The van der Waals surface area contributed by atoms with Crippen LogP contribution in [-0.4, -0.2) is 30.8 Å². The van der Waals surface area contributed by atoms with Crippen molar-refractivity contribution in [3.63, 3.8) is 0 Å². The Balaban J connectivity index is 2.07. The molecule has 1 aromatic carbocycles. The second-order valence-corrected chi connectivity index (χ2v) is 5.74. The molecular formula is C15H23ClN2O. The van der Waals surface area contributed by atoms with Crippen LogP contribution < -0.4 is 10.2 Å². The lowest BCUT2D eigenvalue weighted by molar-refractivity contribution is 0.0971. The van der Waals surface area contributed by atoms with Crippen LogP contribution in [0.4, 0.5) is 5.69 Å². The Morgan fingerprint density at radius 3 is 2.89 bits per heavy atom. The number of anilines is 1. The van der Waals surface area contributed by atoms with Gasteiger partial charge in [-0.3, -0.25) is 0 Å². The van der Waals surface area contributed by atoms with Gasteiger partial charge in [-0.2, -0.15) is 0 Å². The molecule has 3 nitrogen and oxygen atoms in total. The molecule has 2 atom stereocenters. The Hall–Kier alpha value is -0.770. The van der Waals surface area contributed by atoms with E-state index in [0.29, 0.717) is 5.92 Å². The average Bonchev–Trinajstić information content (AvgIpc) is 2.40. The van der Waals surface area contributed by atoms with Gasteiger partial charge in [0, 0.05) is 30.3 Å². The van der Waals surface area contributed by atoms with Gasteiger partial charge in [-0.05, 0) is 36.6 Å². The molecule has 0 amide bonds. The molecule has 1 heterocycles. The molecule has 1 aliphatic rings. The van der Waals surface area contributed by atoms with Gasteiger partial charge in [0.1, 0.15) is 0 Å². The lowest BCUT2D eigenvalue weighted by Crippen LogP contribution is -2.41. The summed E-state index contributed by atoms with van der Waals surface area (Å²) < 4.78 is 0.